The molecule has 4 nitrogen and oxygen atoms in total. The highest BCUT2D eigenvalue weighted by molar-refractivity contribution is 9.10. The van der Waals surface area contributed by atoms with Crippen LogP contribution in [0.3, 0.4) is 0 Å². The maximum atomic E-state index is 9.77. The van der Waals surface area contributed by atoms with Crippen molar-refractivity contribution in [1.29, 1.82) is 0 Å². The zero-order chi connectivity index (χ0) is 13.8. The van der Waals surface area contributed by atoms with E-state index in [1.807, 2.05) is 12.2 Å². The molecule has 1 aromatic carbocycles. The summed E-state index contributed by atoms with van der Waals surface area (Å²) in [6.45, 7) is 0.669. The normalized spacial score (nSPS) is 18.7. The molecule has 100 valence electrons. The van der Waals surface area contributed by atoms with Crippen molar-refractivity contribution in [3.8, 4) is 5.75 Å². The van der Waals surface area contributed by atoms with Gasteiger partial charge in [-0.05, 0) is 18.2 Å². The third-order valence-electron chi connectivity index (χ3n) is 2.34. The van der Waals surface area contributed by atoms with Crippen molar-refractivity contribution < 1.29 is 5.11 Å². The molecule has 2 rings (SSSR count). The molecule has 0 saturated carbocycles. The van der Waals surface area contributed by atoms with Crippen LogP contribution < -0.4 is 5.43 Å². The van der Waals surface area contributed by atoms with Crippen molar-refractivity contribution in [3.63, 3.8) is 0 Å². The van der Waals surface area contributed by atoms with Crippen molar-refractivity contribution in [1.82, 2.24) is 5.43 Å². The second kappa shape index (κ2) is 6.54. The Morgan fingerprint density at radius 1 is 1.53 bits per heavy atom. The summed E-state index contributed by atoms with van der Waals surface area (Å²) < 4.78 is 0.772. The predicted octanol–water partition coefficient (Wildman–Crippen LogP) is 3.46. The summed E-state index contributed by atoms with van der Waals surface area (Å²) in [6.07, 6.45) is 5.31. The van der Waals surface area contributed by atoms with E-state index in [1.54, 1.807) is 12.1 Å². The Labute approximate surface area is 132 Å². The largest absolute Gasteiger partial charge is 0.506 e. The van der Waals surface area contributed by atoms with Gasteiger partial charge < -0.3 is 5.11 Å². The number of phenolic OH excluding ortho intramolecular Hbond substituents is 1. The number of hydrazone groups is 1. The number of rotatable bonds is 2. The number of alkyl halides is 1. The average Bonchev–Trinajstić information content (AvgIpc) is 2.37. The van der Waals surface area contributed by atoms with Crippen LogP contribution in [0.4, 0.5) is 0 Å². The first-order valence-electron chi connectivity index (χ1n) is 5.40. The Balaban J connectivity index is 2.06. The van der Waals surface area contributed by atoms with Gasteiger partial charge in [-0.25, -0.2) is 0 Å². The van der Waals surface area contributed by atoms with Crippen LogP contribution in [0.15, 0.2) is 38.9 Å². The van der Waals surface area contributed by atoms with Gasteiger partial charge in [-0.1, -0.05) is 49.5 Å². The van der Waals surface area contributed by atoms with Crippen LogP contribution in [0, 0.1) is 0 Å². The van der Waals surface area contributed by atoms with Gasteiger partial charge in [0.2, 0.25) is 0 Å². The summed E-state index contributed by atoms with van der Waals surface area (Å²) in [7, 11) is 0. The van der Waals surface area contributed by atoms with E-state index < -0.39 is 0 Å². The molecule has 0 saturated heterocycles. The molecule has 1 heterocycles. The number of phenols is 1. The molecule has 1 aliphatic rings. The number of amidine groups is 1. The zero-order valence-electron chi connectivity index (χ0n) is 9.65. The SMILES string of the molecule is Oc1c(Cl)cc(Br)cc1/C=N/NC1=NCC(Br)C=C1. The van der Waals surface area contributed by atoms with Gasteiger partial charge in [-0.3, -0.25) is 10.4 Å². The Morgan fingerprint density at radius 3 is 3.00 bits per heavy atom. The highest BCUT2D eigenvalue weighted by Gasteiger charge is 2.07. The van der Waals surface area contributed by atoms with Crippen molar-refractivity contribution in [3.05, 3.63) is 39.3 Å². The monoisotopic (exact) mass is 405 g/mol. The standard InChI is InChI=1S/C12H10Br2ClN3O/c13-8-1-2-11(16-6-8)18-17-5-7-3-9(14)4-10(15)12(7)19/h1-5,8,19H,6H2,(H,16,18)/b17-5+. The first kappa shape index (κ1) is 14.6. The van der Waals surface area contributed by atoms with Crippen LogP contribution in [-0.4, -0.2) is 28.5 Å². The first-order chi connectivity index (χ1) is 9.06. The molecule has 2 N–H and O–H groups in total. The minimum Gasteiger partial charge on any atom is -0.506 e. The lowest BCUT2D eigenvalue weighted by Crippen LogP contribution is -2.20. The number of nitrogens with zero attached hydrogens (tertiary/aromatic N) is 2. The van der Waals surface area contributed by atoms with Crippen molar-refractivity contribution in [2.75, 3.05) is 6.54 Å². The van der Waals surface area contributed by atoms with Gasteiger partial charge in [-0.15, -0.1) is 0 Å². The summed E-state index contributed by atoms with van der Waals surface area (Å²) >= 11 is 12.6. The van der Waals surface area contributed by atoms with E-state index in [0.29, 0.717) is 17.9 Å². The molecule has 1 atom stereocenters. The fourth-order valence-electron chi connectivity index (χ4n) is 1.42. The van der Waals surface area contributed by atoms with Crippen LogP contribution in [0.1, 0.15) is 5.56 Å². The molecule has 0 aliphatic carbocycles. The van der Waals surface area contributed by atoms with E-state index in [0.717, 1.165) is 4.47 Å². The maximum absolute atomic E-state index is 9.77. The Bertz CT molecular complexity index is 572. The van der Waals surface area contributed by atoms with Gasteiger partial charge in [0.25, 0.3) is 0 Å². The minimum atomic E-state index is -0.00272. The number of aliphatic imine (C=N–C) groups is 1. The molecule has 0 amide bonds. The molecular weight excluding hydrogens is 397 g/mol. The van der Waals surface area contributed by atoms with E-state index in [1.165, 1.54) is 6.21 Å². The van der Waals surface area contributed by atoms with Crippen LogP contribution in [0.2, 0.25) is 5.02 Å². The van der Waals surface area contributed by atoms with Crippen molar-refractivity contribution in [2.45, 2.75) is 4.83 Å². The first-order valence-corrected chi connectivity index (χ1v) is 7.49. The summed E-state index contributed by atoms with van der Waals surface area (Å²) in [5.74, 6) is 0.671. The molecule has 1 unspecified atom stereocenters. The molecule has 7 heteroatoms. The Morgan fingerprint density at radius 2 is 2.32 bits per heavy atom. The molecule has 0 spiro atoms. The maximum Gasteiger partial charge on any atom is 0.143 e. The lowest BCUT2D eigenvalue weighted by atomic mass is 10.2. The van der Waals surface area contributed by atoms with Gasteiger partial charge in [0.1, 0.15) is 11.6 Å². The minimum absolute atomic E-state index is 0.00272. The molecule has 0 aromatic heterocycles. The molecular formula is C12H10Br2ClN3O. The third kappa shape index (κ3) is 4.06. The Hall–Kier alpha value is -0.850. The summed E-state index contributed by atoms with van der Waals surface area (Å²) in [5.41, 5.74) is 3.32. The fraction of sp³-hybridized carbons (Fsp3) is 0.167. The molecule has 1 aliphatic heterocycles. The number of hydrogen-bond donors (Lipinski definition) is 2. The Kier molecular flexibility index (Phi) is 5.01. The van der Waals surface area contributed by atoms with E-state index in [2.05, 4.69) is 47.4 Å². The number of aromatic hydroxyl groups is 1. The summed E-state index contributed by atoms with van der Waals surface area (Å²) in [6, 6.07) is 3.34. The highest BCUT2D eigenvalue weighted by Crippen LogP contribution is 2.30. The molecule has 1 aromatic rings. The van der Waals surface area contributed by atoms with Gasteiger partial charge in [0.05, 0.1) is 22.6 Å². The van der Waals surface area contributed by atoms with Crippen LogP contribution in [0.25, 0.3) is 0 Å². The quantitative estimate of drug-likeness (QED) is 0.448. The van der Waals surface area contributed by atoms with Gasteiger partial charge in [0, 0.05) is 10.0 Å². The summed E-state index contributed by atoms with van der Waals surface area (Å²) in [4.78, 5) is 4.53. The predicted molar refractivity (Wildman–Crippen MR) is 85.7 cm³/mol. The van der Waals surface area contributed by atoms with Crippen LogP contribution in [-0.2, 0) is 0 Å². The van der Waals surface area contributed by atoms with Gasteiger partial charge in [0.15, 0.2) is 0 Å². The van der Waals surface area contributed by atoms with E-state index in [4.69, 9.17) is 11.6 Å². The number of benzene rings is 1. The van der Waals surface area contributed by atoms with Gasteiger partial charge in [-0.2, -0.15) is 5.10 Å². The topological polar surface area (TPSA) is 57.0 Å². The van der Waals surface area contributed by atoms with Crippen LogP contribution >= 0.6 is 43.5 Å². The number of halogens is 3. The molecule has 0 fully saturated rings. The zero-order valence-corrected chi connectivity index (χ0v) is 13.6. The van der Waals surface area contributed by atoms with Crippen LogP contribution in [0.5, 0.6) is 5.75 Å². The van der Waals surface area contributed by atoms with E-state index in [-0.39, 0.29) is 15.6 Å². The number of hydrogen-bond acceptors (Lipinski definition) is 4. The lowest BCUT2D eigenvalue weighted by Gasteiger charge is -2.08. The summed E-state index contributed by atoms with van der Waals surface area (Å²) in [5, 5.41) is 14.1. The smallest absolute Gasteiger partial charge is 0.143 e. The second-order valence-electron chi connectivity index (χ2n) is 3.80. The third-order valence-corrected chi connectivity index (χ3v) is 3.68. The van der Waals surface area contributed by atoms with Crippen molar-refractivity contribution in [2.24, 2.45) is 10.1 Å². The van der Waals surface area contributed by atoms with E-state index >= 15 is 0 Å². The number of dihydropyridines is 1. The molecule has 0 radical (unpaired) electrons. The molecule has 19 heavy (non-hydrogen) atoms. The second-order valence-corrected chi connectivity index (χ2v) is 6.30. The highest BCUT2D eigenvalue weighted by atomic mass is 79.9. The lowest BCUT2D eigenvalue weighted by molar-refractivity contribution is 0.474. The van der Waals surface area contributed by atoms with Gasteiger partial charge >= 0.3 is 0 Å². The van der Waals surface area contributed by atoms with Crippen molar-refractivity contribution >= 4 is 55.5 Å². The van der Waals surface area contributed by atoms with E-state index in [9.17, 15) is 5.11 Å². The number of nitrogens with one attached hydrogen (secondary N) is 1. The molecule has 0 bridgehead atoms. The average molecular weight is 407 g/mol. The fourth-order valence-corrected chi connectivity index (χ4v) is 2.55.